The first kappa shape index (κ1) is 20.0. The van der Waals surface area contributed by atoms with E-state index >= 15 is 0 Å². The lowest BCUT2D eigenvalue weighted by molar-refractivity contribution is 0.147. The summed E-state index contributed by atoms with van der Waals surface area (Å²) in [6.07, 6.45) is 0. The molecule has 1 aliphatic heterocycles. The lowest BCUT2D eigenvalue weighted by Gasteiger charge is -2.33. The summed E-state index contributed by atoms with van der Waals surface area (Å²) in [5, 5.41) is 5.56. The number of hydrogen-bond donors (Lipinski definition) is 1. The van der Waals surface area contributed by atoms with Crippen LogP contribution in [-0.4, -0.2) is 44.9 Å². The molecule has 0 aliphatic carbocycles. The Labute approximate surface area is 149 Å². The van der Waals surface area contributed by atoms with Gasteiger partial charge in [0.25, 0.3) is 0 Å². The van der Waals surface area contributed by atoms with Crippen molar-refractivity contribution in [2.24, 2.45) is 0 Å². The molecular formula is C17H23Cl2FN2O. The fourth-order valence-electron chi connectivity index (χ4n) is 2.97. The Morgan fingerprint density at radius 1 is 1.09 bits per heavy atom. The van der Waals surface area contributed by atoms with Crippen LogP contribution in [0, 0.1) is 0 Å². The van der Waals surface area contributed by atoms with Crippen molar-refractivity contribution in [3.63, 3.8) is 0 Å². The first-order chi connectivity index (χ1) is 10.3. The molecule has 1 saturated heterocycles. The van der Waals surface area contributed by atoms with Gasteiger partial charge in [-0.15, -0.1) is 24.8 Å². The maximum absolute atomic E-state index is 13.6. The highest BCUT2D eigenvalue weighted by atomic mass is 35.5. The molecule has 128 valence electrons. The fraction of sp³-hybridized carbons (Fsp3) is 0.412. The Kier molecular flexibility index (Phi) is 8.06. The Bertz CT molecular complexity index is 621. The predicted octanol–water partition coefficient (Wildman–Crippen LogP) is 3.61. The lowest BCUT2D eigenvalue weighted by atomic mass is 10.0. The molecule has 0 spiro atoms. The van der Waals surface area contributed by atoms with E-state index in [0.29, 0.717) is 0 Å². The zero-order valence-electron chi connectivity index (χ0n) is 13.1. The second-order valence-electron chi connectivity index (χ2n) is 5.43. The number of fused-ring (bicyclic) bond motifs is 1. The van der Waals surface area contributed by atoms with Crippen molar-refractivity contribution in [3.8, 4) is 5.75 Å². The van der Waals surface area contributed by atoms with Crippen LogP contribution < -0.4 is 10.1 Å². The third-order valence-corrected chi connectivity index (χ3v) is 4.19. The van der Waals surface area contributed by atoms with Crippen molar-refractivity contribution >= 4 is 35.6 Å². The third kappa shape index (κ3) is 4.48. The van der Waals surface area contributed by atoms with Crippen LogP contribution in [0.2, 0.25) is 0 Å². The van der Waals surface area contributed by atoms with E-state index in [-0.39, 0.29) is 37.5 Å². The number of rotatable bonds is 4. The molecule has 0 bridgehead atoms. The van der Waals surface area contributed by atoms with E-state index in [1.54, 1.807) is 7.11 Å². The molecule has 2 aromatic carbocycles. The normalized spacial score (nSPS) is 16.3. The summed E-state index contributed by atoms with van der Waals surface area (Å²) < 4.78 is 18.8. The van der Waals surface area contributed by atoms with Gasteiger partial charge in [-0.2, -0.15) is 0 Å². The van der Waals surface area contributed by atoms with E-state index in [1.807, 2.05) is 24.3 Å². The molecule has 2 aromatic rings. The number of ether oxygens (including phenoxy) is 1. The van der Waals surface area contributed by atoms with Gasteiger partial charge < -0.3 is 10.1 Å². The molecule has 0 amide bonds. The fourth-order valence-corrected chi connectivity index (χ4v) is 2.97. The van der Waals surface area contributed by atoms with Gasteiger partial charge in [0.2, 0.25) is 0 Å². The van der Waals surface area contributed by atoms with E-state index < -0.39 is 0 Å². The number of methoxy groups -OCH3 is 1. The van der Waals surface area contributed by atoms with E-state index in [4.69, 9.17) is 4.74 Å². The zero-order valence-corrected chi connectivity index (χ0v) is 14.8. The Hall–Kier alpha value is -1.07. The van der Waals surface area contributed by atoms with E-state index in [9.17, 15) is 4.39 Å². The summed E-state index contributed by atoms with van der Waals surface area (Å²) in [4.78, 5) is 2.22. The van der Waals surface area contributed by atoms with Crippen LogP contribution in [0.15, 0.2) is 36.4 Å². The highest BCUT2D eigenvalue weighted by Gasteiger charge is 2.22. The maximum atomic E-state index is 13.6. The highest BCUT2D eigenvalue weighted by Crippen LogP contribution is 2.27. The first-order valence-electron chi connectivity index (χ1n) is 7.40. The first-order valence-corrected chi connectivity index (χ1v) is 7.40. The number of piperazine rings is 1. The summed E-state index contributed by atoms with van der Waals surface area (Å²) in [7, 11) is 1.67. The molecule has 0 unspecified atom stereocenters. The number of alkyl halides is 1. The number of nitrogens with one attached hydrogen (secondary N) is 1. The van der Waals surface area contributed by atoms with Gasteiger partial charge >= 0.3 is 0 Å². The minimum Gasteiger partial charge on any atom is -0.497 e. The molecular weight excluding hydrogens is 338 g/mol. The molecule has 6 heteroatoms. The van der Waals surface area contributed by atoms with Crippen molar-refractivity contribution in [2.75, 3.05) is 40.0 Å². The average molecular weight is 361 g/mol. The molecule has 1 N–H and O–H groups in total. The summed E-state index contributed by atoms with van der Waals surface area (Å²) in [5.41, 5.74) is 1.05. The van der Waals surface area contributed by atoms with Crippen LogP contribution in [0.4, 0.5) is 4.39 Å². The largest absolute Gasteiger partial charge is 0.497 e. The van der Waals surface area contributed by atoms with E-state index in [2.05, 4.69) is 22.3 Å². The number of hydrogen-bond acceptors (Lipinski definition) is 3. The van der Waals surface area contributed by atoms with Gasteiger partial charge in [-0.1, -0.05) is 18.2 Å². The zero-order chi connectivity index (χ0) is 14.7. The molecule has 0 saturated carbocycles. The summed E-state index contributed by atoms with van der Waals surface area (Å²) >= 11 is 0. The minimum absolute atomic E-state index is 0. The van der Waals surface area contributed by atoms with Crippen molar-refractivity contribution in [2.45, 2.75) is 6.04 Å². The highest BCUT2D eigenvalue weighted by molar-refractivity contribution is 5.86. The summed E-state index contributed by atoms with van der Waals surface area (Å²) in [6.45, 7) is 3.31. The Morgan fingerprint density at radius 2 is 1.74 bits per heavy atom. The second kappa shape index (κ2) is 9.28. The Morgan fingerprint density at radius 3 is 2.39 bits per heavy atom. The molecule has 1 aliphatic rings. The summed E-state index contributed by atoms with van der Waals surface area (Å²) in [5.74, 6) is 0.847. The van der Waals surface area contributed by atoms with Crippen molar-refractivity contribution in [3.05, 3.63) is 42.0 Å². The van der Waals surface area contributed by atoms with Crippen LogP contribution in [0.25, 0.3) is 10.8 Å². The molecule has 1 atom stereocenters. The van der Waals surface area contributed by atoms with Gasteiger partial charge in [0.1, 0.15) is 12.4 Å². The van der Waals surface area contributed by atoms with E-state index in [0.717, 1.165) is 48.3 Å². The van der Waals surface area contributed by atoms with Crippen LogP contribution in [0.1, 0.15) is 11.6 Å². The van der Waals surface area contributed by atoms with Crippen molar-refractivity contribution in [1.82, 2.24) is 10.2 Å². The quantitative estimate of drug-likeness (QED) is 0.901. The van der Waals surface area contributed by atoms with Gasteiger partial charge in [0.05, 0.1) is 13.2 Å². The van der Waals surface area contributed by atoms with Gasteiger partial charge in [-0.3, -0.25) is 4.90 Å². The van der Waals surface area contributed by atoms with Crippen molar-refractivity contribution < 1.29 is 9.13 Å². The monoisotopic (exact) mass is 360 g/mol. The topological polar surface area (TPSA) is 24.5 Å². The molecule has 1 heterocycles. The summed E-state index contributed by atoms with van der Waals surface area (Å²) in [6, 6.07) is 12.0. The van der Waals surface area contributed by atoms with Gasteiger partial charge in [0.15, 0.2) is 0 Å². The second-order valence-corrected chi connectivity index (χ2v) is 5.43. The lowest BCUT2D eigenvalue weighted by Crippen LogP contribution is -2.45. The van der Waals surface area contributed by atoms with Gasteiger partial charge in [-0.25, -0.2) is 4.39 Å². The molecule has 3 nitrogen and oxygen atoms in total. The van der Waals surface area contributed by atoms with Crippen LogP contribution in [0.3, 0.4) is 0 Å². The predicted molar refractivity (Wildman–Crippen MR) is 98.2 cm³/mol. The average Bonchev–Trinajstić information content (AvgIpc) is 2.56. The molecule has 0 radical (unpaired) electrons. The van der Waals surface area contributed by atoms with Gasteiger partial charge in [0, 0.05) is 26.2 Å². The van der Waals surface area contributed by atoms with E-state index in [1.165, 1.54) is 0 Å². The van der Waals surface area contributed by atoms with Crippen molar-refractivity contribution in [1.29, 1.82) is 0 Å². The number of nitrogens with zero attached hydrogens (tertiary/aromatic N) is 1. The van der Waals surface area contributed by atoms with Crippen LogP contribution in [-0.2, 0) is 0 Å². The standard InChI is InChI=1S/C17H21FN2O.2ClH/c1-21-16-5-4-13-10-15(3-2-14(13)11-16)17(12-18)20-8-6-19-7-9-20;;/h2-5,10-11,17,19H,6-9,12H2,1H3;2*1H/t17-;;/m0../s1. The molecule has 1 fully saturated rings. The molecule has 3 rings (SSSR count). The number of halogens is 3. The third-order valence-electron chi connectivity index (χ3n) is 4.19. The molecule has 0 aromatic heterocycles. The molecule has 23 heavy (non-hydrogen) atoms. The Balaban J connectivity index is 0.00000132. The maximum Gasteiger partial charge on any atom is 0.119 e. The van der Waals surface area contributed by atoms with Gasteiger partial charge in [-0.05, 0) is 34.5 Å². The SMILES string of the molecule is COc1ccc2cc([C@H](CF)N3CCNCC3)ccc2c1.Cl.Cl. The smallest absolute Gasteiger partial charge is 0.119 e. The van der Waals surface area contributed by atoms with Crippen LogP contribution >= 0.6 is 24.8 Å². The van der Waals surface area contributed by atoms with Crippen LogP contribution in [0.5, 0.6) is 5.75 Å². The minimum atomic E-state index is -0.346. The number of benzene rings is 2.